The van der Waals surface area contributed by atoms with E-state index in [-0.39, 0.29) is 11.7 Å². The van der Waals surface area contributed by atoms with Gasteiger partial charge in [-0.1, -0.05) is 68.9 Å². The third kappa shape index (κ3) is 6.85. The molecule has 0 bridgehead atoms. The fourth-order valence-electron chi connectivity index (χ4n) is 3.08. The third-order valence-corrected chi connectivity index (χ3v) is 5.81. The molecule has 1 N–H and O–H groups in total. The van der Waals surface area contributed by atoms with Crippen molar-refractivity contribution in [3.05, 3.63) is 66.0 Å². The summed E-state index contributed by atoms with van der Waals surface area (Å²) in [6.45, 7) is 7.59. The summed E-state index contributed by atoms with van der Waals surface area (Å²) in [5.74, 6) is 2.34. The summed E-state index contributed by atoms with van der Waals surface area (Å²) in [7, 11) is 0. The molecule has 2 aromatic carbocycles. The van der Waals surface area contributed by atoms with Crippen LogP contribution in [0.4, 0.5) is 5.69 Å². The summed E-state index contributed by atoms with van der Waals surface area (Å²) < 4.78 is 7.94. The molecule has 0 saturated heterocycles. The number of nitrogens with one attached hydrogen (secondary N) is 1. The highest BCUT2D eigenvalue weighted by molar-refractivity contribution is 7.99. The molecule has 164 valence electrons. The molecule has 3 rings (SSSR count). The Morgan fingerprint density at radius 3 is 2.58 bits per heavy atom. The van der Waals surface area contributed by atoms with Gasteiger partial charge in [0.25, 0.3) is 0 Å². The first-order valence-corrected chi connectivity index (χ1v) is 11.7. The maximum absolute atomic E-state index is 12.5. The molecule has 0 aliphatic heterocycles. The zero-order valence-electron chi connectivity index (χ0n) is 18.4. The number of amides is 1. The summed E-state index contributed by atoms with van der Waals surface area (Å²) in [6.07, 6.45) is 1.87. The molecule has 1 aromatic heterocycles. The van der Waals surface area contributed by atoms with Crippen LogP contribution in [0.5, 0.6) is 5.75 Å². The minimum atomic E-state index is -0.0496. The van der Waals surface area contributed by atoms with Crippen molar-refractivity contribution >= 4 is 23.4 Å². The van der Waals surface area contributed by atoms with E-state index >= 15 is 0 Å². The molecule has 0 aliphatic rings. The van der Waals surface area contributed by atoms with E-state index in [4.69, 9.17) is 4.74 Å². The zero-order valence-corrected chi connectivity index (χ0v) is 19.2. The highest BCUT2D eigenvalue weighted by atomic mass is 32.2. The van der Waals surface area contributed by atoms with Crippen LogP contribution < -0.4 is 10.1 Å². The minimum Gasteiger partial charge on any atom is -0.486 e. The predicted octanol–water partition coefficient (Wildman–Crippen LogP) is 5.20. The van der Waals surface area contributed by atoms with Crippen LogP contribution in [0.3, 0.4) is 0 Å². The largest absolute Gasteiger partial charge is 0.486 e. The Morgan fingerprint density at radius 2 is 1.84 bits per heavy atom. The molecule has 7 heteroatoms. The average Bonchev–Trinajstić information content (AvgIpc) is 3.17. The van der Waals surface area contributed by atoms with Crippen molar-refractivity contribution < 1.29 is 9.53 Å². The number of anilines is 1. The first-order valence-electron chi connectivity index (χ1n) is 10.7. The number of ether oxygens (including phenoxy) is 1. The average molecular weight is 439 g/mol. The number of hydrogen-bond donors (Lipinski definition) is 1. The van der Waals surface area contributed by atoms with E-state index < -0.39 is 0 Å². The Morgan fingerprint density at radius 1 is 1.10 bits per heavy atom. The molecule has 1 amide bonds. The molecular formula is C24H30N4O2S. The van der Waals surface area contributed by atoms with Crippen molar-refractivity contribution in [3.8, 4) is 5.75 Å². The standard InChI is InChI=1S/C24H30N4O2S/c1-4-19-10-8-9-13-21(19)25-23(29)17-31-24-27-26-22(28(24)15-14-18(2)3)16-30-20-11-6-5-7-12-20/h5-13,18H,4,14-17H2,1-3H3,(H,25,29). The number of hydrogen-bond acceptors (Lipinski definition) is 5. The molecule has 0 unspecified atom stereocenters. The van der Waals surface area contributed by atoms with Crippen LogP contribution in [0.1, 0.15) is 38.6 Å². The Labute approximate surface area is 188 Å². The Balaban J connectivity index is 1.65. The number of carbonyl (C=O) groups excluding carboxylic acids is 1. The zero-order chi connectivity index (χ0) is 22.1. The topological polar surface area (TPSA) is 69.0 Å². The lowest BCUT2D eigenvalue weighted by molar-refractivity contribution is -0.113. The molecule has 3 aromatic rings. The fourth-order valence-corrected chi connectivity index (χ4v) is 3.86. The highest BCUT2D eigenvalue weighted by Crippen LogP contribution is 2.21. The van der Waals surface area contributed by atoms with E-state index in [9.17, 15) is 4.79 Å². The lowest BCUT2D eigenvalue weighted by Crippen LogP contribution is -2.16. The van der Waals surface area contributed by atoms with Gasteiger partial charge in [-0.05, 0) is 42.5 Å². The van der Waals surface area contributed by atoms with Gasteiger partial charge in [0, 0.05) is 12.2 Å². The van der Waals surface area contributed by atoms with E-state index in [0.29, 0.717) is 12.5 Å². The summed E-state index contributed by atoms with van der Waals surface area (Å²) in [4.78, 5) is 12.5. The molecule has 0 spiro atoms. The Bertz CT molecular complexity index is 973. The molecule has 0 saturated carbocycles. The second-order valence-electron chi connectivity index (χ2n) is 7.68. The summed E-state index contributed by atoms with van der Waals surface area (Å²) in [5, 5.41) is 12.4. The third-order valence-electron chi connectivity index (χ3n) is 4.84. The first-order chi connectivity index (χ1) is 15.1. The van der Waals surface area contributed by atoms with E-state index in [1.807, 2.05) is 54.6 Å². The minimum absolute atomic E-state index is 0.0496. The fraction of sp³-hybridized carbons (Fsp3) is 0.375. The summed E-state index contributed by atoms with van der Waals surface area (Å²) in [5.41, 5.74) is 2.00. The molecule has 0 atom stereocenters. The second-order valence-corrected chi connectivity index (χ2v) is 8.62. The number of benzene rings is 2. The van der Waals surface area contributed by atoms with Gasteiger partial charge in [0.15, 0.2) is 11.0 Å². The summed E-state index contributed by atoms with van der Waals surface area (Å²) in [6, 6.07) is 17.6. The van der Waals surface area contributed by atoms with Gasteiger partial charge in [0.2, 0.25) is 5.91 Å². The van der Waals surface area contributed by atoms with Gasteiger partial charge >= 0.3 is 0 Å². The molecular weight excluding hydrogens is 408 g/mol. The summed E-state index contributed by atoms with van der Waals surface area (Å²) >= 11 is 1.40. The van der Waals surface area contributed by atoms with Gasteiger partial charge in [0.05, 0.1) is 5.75 Å². The van der Waals surface area contributed by atoms with Gasteiger partial charge in [-0.15, -0.1) is 10.2 Å². The number of aromatic nitrogens is 3. The van der Waals surface area contributed by atoms with E-state index in [1.165, 1.54) is 11.8 Å². The van der Waals surface area contributed by atoms with Gasteiger partial charge in [-0.2, -0.15) is 0 Å². The van der Waals surface area contributed by atoms with Crippen LogP contribution in [0.15, 0.2) is 59.8 Å². The van der Waals surface area contributed by atoms with E-state index in [1.54, 1.807) is 0 Å². The van der Waals surface area contributed by atoms with E-state index in [2.05, 4.69) is 40.9 Å². The normalized spacial score (nSPS) is 11.0. The molecule has 0 aliphatic carbocycles. The smallest absolute Gasteiger partial charge is 0.234 e. The molecule has 6 nitrogen and oxygen atoms in total. The molecule has 0 radical (unpaired) electrons. The first kappa shape index (κ1) is 22.9. The monoisotopic (exact) mass is 438 g/mol. The number of carbonyl (C=O) groups is 1. The van der Waals surface area contributed by atoms with Gasteiger partial charge in [-0.3, -0.25) is 4.79 Å². The van der Waals surface area contributed by atoms with Gasteiger partial charge in [-0.25, -0.2) is 0 Å². The maximum Gasteiger partial charge on any atom is 0.234 e. The predicted molar refractivity (Wildman–Crippen MR) is 125 cm³/mol. The number of aryl methyl sites for hydroxylation is 1. The SMILES string of the molecule is CCc1ccccc1NC(=O)CSc1nnc(COc2ccccc2)n1CCC(C)C. The Kier molecular flexibility index (Phi) is 8.53. The highest BCUT2D eigenvalue weighted by Gasteiger charge is 2.16. The van der Waals surface area contributed by atoms with Crippen LogP contribution in [-0.4, -0.2) is 26.4 Å². The quantitative estimate of drug-likeness (QED) is 0.417. The number of nitrogens with zero attached hydrogens (tertiary/aromatic N) is 3. The number of para-hydroxylation sites is 2. The molecule has 1 heterocycles. The van der Waals surface area contributed by atoms with Crippen LogP contribution in [0.2, 0.25) is 0 Å². The van der Waals surface area contributed by atoms with Crippen molar-refractivity contribution in [3.63, 3.8) is 0 Å². The van der Waals surface area contributed by atoms with Crippen molar-refractivity contribution in [1.82, 2.24) is 14.8 Å². The number of thioether (sulfide) groups is 1. The van der Waals surface area contributed by atoms with Crippen LogP contribution >= 0.6 is 11.8 Å². The van der Waals surface area contributed by atoms with E-state index in [0.717, 1.165) is 47.4 Å². The van der Waals surface area contributed by atoms with Crippen molar-refractivity contribution in [2.75, 3.05) is 11.1 Å². The Hall–Kier alpha value is -2.80. The maximum atomic E-state index is 12.5. The van der Waals surface area contributed by atoms with Crippen LogP contribution in [0.25, 0.3) is 0 Å². The lowest BCUT2D eigenvalue weighted by atomic mass is 10.1. The molecule has 31 heavy (non-hydrogen) atoms. The van der Waals surface area contributed by atoms with Crippen LogP contribution in [0, 0.1) is 5.92 Å². The number of rotatable bonds is 11. The van der Waals surface area contributed by atoms with Crippen molar-refractivity contribution in [2.24, 2.45) is 5.92 Å². The van der Waals surface area contributed by atoms with Gasteiger partial charge < -0.3 is 14.6 Å². The van der Waals surface area contributed by atoms with Crippen molar-refractivity contribution in [2.45, 2.75) is 51.9 Å². The van der Waals surface area contributed by atoms with Gasteiger partial charge in [0.1, 0.15) is 12.4 Å². The second kappa shape index (κ2) is 11.6. The van der Waals surface area contributed by atoms with Crippen molar-refractivity contribution in [1.29, 1.82) is 0 Å². The lowest BCUT2D eigenvalue weighted by Gasteiger charge is -2.13. The molecule has 0 fully saturated rings. The van der Waals surface area contributed by atoms with Crippen LogP contribution in [-0.2, 0) is 24.4 Å².